The first-order valence-electron chi connectivity index (χ1n) is 12.0. The van der Waals surface area contributed by atoms with Gasteiger partial charge in [0, 0.05) is 17.9 Å². The molecule has 0 spiro atoms. The van der Waals surface area contributed by atoms with Crippen molar-refractivity contribution in [1.29, 1.82) is 0 Å². The largest absolute Gasteiger partial charge is 0.480 e. The minimum absolute atomic E-state index is 0. The van der Waals surface area contributed by atoms with Crippen molar-refractivity contribution in [2.45, 2.75) is 71.8 Å². The van der Waals surface area contributed by atoms with Crippen LogP contribution in [0.3, 0.4) is 0 Å². The highest BCUT2D eigenvalue weighted by Gasteiger charge is 2.34. The van der Waals surface area contributed by atoms with E-state index in [1.54, 1.807) is 33.8 Å². The van der Waals surface area contributed by atoms with Crippen LogP contribution in [0.25, 0.3) is 0 Å². The lowest BCUT2D eigenvalue weighted by Gasteiger charge is -2.35. The van der Waals surface area contributed by atoms with Crippen molar-refractivity contribution in [1.82, 2.24) is 10.2 Å². The molecule has 1 amide bonds. The van der Waals surface area contributed by atoms with E-state index in [0.29, 0.717) is 5.75 Å². The highest BCUT2D eigenvalue weighted by atomic mass is 32.1. The SMILES string of the molecule is CCC1(c2cccc(OC(=O)C(C)C(C)C(=O)N[C@H](C(=O)O)C(C)C)c2)CCCCN(C)C1.S. The molecule has 192 valence electrons. The molecule has 1 saturated heterocycles. The van der Waals surface area contributed by atoms with Crippen molar-refractivity contribution in [2.75, 3.05) is 20.1 Å². The molecule has 2 N–H and O–H groups in total. The molecule has 1 aromatic carbocycles. The van der Waals surface area contributed by atoms with Gasteiger partial charge in [-0.1, -0.05) is 53.2 Å². The lowest BCUT2D eigenvalue weighted by Crippen LogP contribution is -2.48. The maximum Gasteiger partial charge on any atom is 0.326 e. The molecule has 0 saturated carbocycles. The zero-order valence-electron chi connectivity index (χ0n) is 21.4. The van der Waals surface area contributed by atoms with E-state index in [-0.39, 0.29) is 24.8 Å². The molecule has 3 unspecified atom stereocenters. The van der Waals surface area contributed by atoms with Crippen molar-refractivity contribution in [3.05, 3.63) is 29.8 Å². The van der Waals surface area contributed by atoms with Gasteiger partial charge in [-0.2, -0.15) is 13.5 Å². The minimum atomic E-state index is -1.09. The standard InChI is InChI=1S/C26H40N2O5.H2S/c1-7-26(13-8-9-14-28(6)16-26)20-11-10-12-21(15-20)33-25(32)19(5)18(4)23(29)27-22(17(2)3)24(30)31;/h10-12,15,17-19,22H,7-9,13-14,16H2,1-6H3,(H,27,29)(H,30,31);1H2/t18?,19?,22-,26?;/m0./s1. The van der Waals surface area contributed by atoms with Gasteiger partial charge in [0.25, 0.3) is 0 Å². The predicted octanol–water partition coefficient (Wildman–Crippen LogP) is 3.97. The van der Waals surface area contributed by atoms with Crippen LogP contribution >= 0.6 is 13.5 Å². The van der Waals surface area contributed by atoms with Crippen LogP contribution in [0.5, 0.6) is 5.75 Å². The van der Waals surface area contributed by atoms with Gasteiger partial charge in [-0.05, 0) is 56.5 Å². The molecule has 1 aliphatic rings. The molecule has 8 heteroatoms. The van der Waals surface area contributed by atoms with E-state index in [4.69, 9.17) is 4.74 Å². The summed E-state index contributed by atoms with van der Waals surface area (Å²) in [5.74, 6) is -3.31. The average Bonchev–Trinajstić information content (AvgIpc) is 2.97. The summed E-state index contributed by atoms with van der Waals surface area (Å²) < 4.78 is 5.68. The smallest absolute Gasteiger partial charge is 0.326 e. The van der Waals surface area contributed by atoms with Crippen LogP contribution in [0.4, 0.5) is 0 Å². The normalized spacial score (nSPS) is 21.5. The van der Waals surface area contributed by atoms with E-state index < -0.39 is 35.7 Å². The zero-order valence-corrected chi connectivity index (χ0v) is 22.4. The summed E-state index contributed by atoms with van der Waals surface area (Å²) in [7, 11) is 2.15. The Balaban J connectivity index is 0.00000578. The van der Waals surface area contributed by atoms with Gasteiger partial charge in [0.2, 0.25) is 5.91 Å². The van der Waals surface area contributed by atoms with Gasteiger partial charge in [0.1, 0.15) is 11.8 Å². The Labute approximate surface area is 211 Å². The van der Waals surface area contributed by atoms with Crippen LogP contribution in [0.2, 0.25) is 0 Å². The number of amides is 1. The third kappa shape index (κ3) is 7.47. The zero-order chi connectivity index (χ0) is 24.8. The molecule has 7 nitrogen and oxygen atoms in total. The number of rotatable bonds is 9. The Morgan fingerprint density at radius 2 is 1.82 bits per heavy atom. The molecule has 0 aliphatic carbocycles. The van der Waals surface area contributed by atoms with Gasteiger partial charge < -0.3 is 20.1 Å². The summed E-state index contributed by atoms with van der Waals surface area (Å²) in [5, 5.41) is 11.9. The van der Waals surface area contributed by atoms with Gasteiger partial charge in [0.15, 0.2) is 0 Å². The third-order valence-electron chi connectivity index (χ3n) is 7.13. The average molecular weight is 495 g/mol. The predicted molar refractivity (Wildman–Crippen MR) is 139 cm³/mol. The first-order chi connectivity index (χ1) is 15.5. The topological polar surface area (TPSA) is 95.9 Å². The number of carbonyl (C=O) groups excluding carboxylic acids is 2. The second kappa shape index (κ2) is 13.1. The molecule has 2 rings (SSSR count). The fraction of sp³-hybridized carbons (Fsp3) is 0.654. The van der Waals surface area contributed by atoms with Crippen molar-refractivity contribution in [2.24, 2.45) is 17.8 Å². The van der Waals surface area contributed by atoms with Crippen molar-refractivity contribution < 1.29 is 24.2 Å². The van der Waals surface area contributed by atoms with Crippen LogP contribution in [-0.2, 0) is 19.8 Å². The Bertz CT molecular complexity index is 846. The number of nitrogens with one attached hydrogen (secondary N) is 1. The second-order valence-electron chi connectivity index (χ2n) is 9.92. The van der Waals surface area contributed by atoms with E-state index in [1.807, 2.05) is 12.1 Å². The number of hydrogen-bond donors (Lipinski definition) is 2. The highest BCUT2D eigenvalue weighted by Crippen LogP contribution is 2.37. The van der Waals surface area contributed by atoms with Crippen LogP contribution in [-0.4, -0.2) is 54.0 Å². The number of carbonyl (C=O) groups is 3. The number of benzene rings is 1. The summed E-state index contributed by atoms with van der Waals surface area (Å²) in [6.45, 7) is 11.0. The molecule has 0 aromatic heterocycles. The summed E-state index contributed by atoms with van der Waals surface area (Å²) in [4.78, 5) is 39.2. The Morgan fingerprint density at radius 1 is 1.15 bits per heavy atom. The van der Waals surface area contributed by atoms with Gasteiger partial charge >= 0.3 is 11.9 Å². The van der Waals surface area contributed by atoms with E-state index in [0.717, 1.165) is 25.9 Å². The number of hydrogen-bond acceptors (Lipinski definition) is 5. The summed E-state index contributed by atoms with van der Waals surface area (Å²) >= 11 is 0. The number of likely N-dealkylation sites (N-methyl/N-ethyl adjacent to an activating group) is 1. The number of likely N-dealkylation sites (tertiary alicyclic amines) is 1. The summed E-state index contributed by atoms with van der Waals surface area (Å²) in [6.07, 6.45) is 4.45. The number of nitrogens with zero attached hydrogens (tertiary/aromatic N) is 1. The molecule has 1 aromatic rings. The van der Waals surface area contributed by atoms with Gasteiger partial charge in [-0.15, -0.1) is 0 Å². The molecule has 0 radical (unpaired) electrons. The molecule has 1 heterocycles. The van der Waals surface area contributed by atoms with Crippen molar-refractivity contribution >= 4 is 31.3 Å². The van der Waals surface area contributed by atoms with E-state index in [9.17, 15) is 19.5 Å². The second-order valence-corrected chi connectivity index (χ2v) is 9.92. The van der Waals surface area contributed by atoms with Crippen LogP contribution < -0.4 is 10.1 Å². The Kier molecular flexibility index (Phi) is 11.6. The van der Waals surface area contributed by atoms with Crippen molar-refractivity contribution in [3.8, 4) is 5.75 Å². The minimum Gasteiger partial charge on any atom is -0.480 e. The number of ether oxygens (including phenoxy) is 1. The number of carboxylic acid groups (broad SMARTS) is 1. The third-order valence-corrected chi connectivity index (χ3v) is 7.13. The van der Waals surface area contributed by atoms with Gasteiger partial charge in [-0.3, -0.25) is 9.59 Å². The molecule has 34 heavy (non-hydrogen) atoms. The maximum absolute atomic E-state index is 12.8. The number of carboxylic acids is 1. The lowest BCUT2D eigenvalue weighted by molar-refractivity contribution is -0.146. The summed E-state index contributed by atoms with van der Waals surface area (Å²) in [5.41, 5.74) is 1.19. The van der Waals surface area contributed by atoms with Gasteiger partial charge in [-0.25, -0.2) is 4.79 Å². The molecule has 4 atom stereocenters. The Morgan fingerprint density at radius 3 is 2.41 bits per heavy atom. The summed E-state index contributed by atoms with van der Waals surface area (Å²) in [6, 6.07) is 6.75. The van der Waals surface area contributed by atoms with E-state index in [2.05, 4.69) is 30.3 Å². The first kappa shape index (κ1) is 30.0. The van der Waals surface area contributed by atoms with Crippen LogP contribution in [0.1, 0.15) is 65.9 Å². The molecule has 1 aliphatic heterocycles. The number of esters is 1. The molecule has 1 fully saturated rings. The van der Waals surface area contributed by atoms with Gasteiger partial charge in [0.05, 0.1) is 5.92 Å². The molecular weight excluding hydrogens is 452 g/mol. The monoisotopic (exact) mass is 494 g/mol. The van der Waals surface area contributed by atoms with Crippen molar-refractivity contribution in [3.63, 3.8) is 0 Å². The maximum atomic E-state index is 12.8. The van der Waals surface area contributed by atoms with E-state index >= 15 is 0 Å². The molecule has 0 bridgehead atoms. The highest BCUT2D eigenvalue weighted by molar-refractivity contribution is 7.59. The fourth-order valence-electron chi connectivity index (χ4n) is 4.58. The van der Waals surface area contributed by atoms with Crippen LogP contribution in [0.15, 0.2) is 24.3 Å². The quantitative estimate of drug-likeness (QED) is 0.398. The van der Waals surface area contributed by atoms with E-state index in [1.165, 1.54) is 18.4 Å². The Hall–Kier alpha value is -2.06. The molecular formula is C26H42N2O5S. The van der Waals surface area contributed by atoms with Crippen LogP contribution in [0, 0.1) is 17.8 Å². The number of aliphatic carboxylic acids is 1. The fourth-order valence-corrected chi connectivity index (χ4v) is 4.58. The lowest BCUT2D eigenvalue weighted by atomic mass is 9.74. The first-order valence-corrected chi connectivity index (χ1v) is 12.0.